The number of anilines is 3. The molecule has 8 aromatic carbocycles. The summed E-state index contributed by atoms with van der Waals surface area (Å²) < 4.78 is 4.76. The molecule has 0 N–H and O–H groups in total. The number of hydrogen-bond donors (Lipinski definition) is 0. The molecule has 0 amide bonds. The van der Waals surface area contributed by atoms with E-state index in [2.05, 4.69) is 214 Å². The van der Waals surface area contributed by atoms with E-state index < -0.39 is 0 Å². The largest absolute Gasteiger partial charge is 0.310 e. The van der Waals surface area contributed by atoms with E-state index in [1.807, 2.05) is 0 Å². The Morgan fingerprint density at radius 3 is 1.35 bits per heavy atom. The molecule has 0 bridgehead atoms. The maximum Gasteiger partial charge on any atom is 0.0561 e. The van der Waals surface area contributed by atoms with E-state index in [0.29, 0.717) is 0 Å². The lowest BCUT2D eigenvalue weighted by molar-refractivity contribution is 1.17. The molecule has 0 radical (unpaired) electrons. The average molecular weight is 652 g/mol. The van der Waals surface area contributed by atoms with Gasteiger partial charge in [0.05, 0.1) is 22.1 Å². The number of para-hydroxylation sites is 4. The molecule has 0 aliphatic rings. The molecule has 10 rings (SSSR count). The van der Waals surface area contributed by atoms with E-state index in [9.17, 15) is 0 Å². The van der Waals surface area contributed by atoms with Gasteiger partial charge in [-0.1, -0.05) is 121 Å². The number of rotatable bonds is 6. The van der Waals surface area contributed by atoms with Crippen molar-refractivity contribution in [1.29, 1.82) is 0 Å². The molecule has 3 nitrogen and oxygen atoms in total. The summed E-state index contributed by atoms with van der Waals surface area (Å²) in [6.07, 6.45) is 0. The third-order valence-corrected chi connectivity index (χ3v) is 10.1. The van der Waals surface area contributed by atoms with Gasteiger partial charge in [-0.3, -0.25) is 0 Å². The Morgan fingerprint density at radius 1 is 0.275 bits per heavy atom. The Morgan fingerprint density at radius 2 is 0.725 bits per heavy atom. The van der Waals surface area contributed by atoms with Gasteiger partial charge in [-0.25, -0.2) is 0 Å². The molecule has 0 aliphatic heterocycles. The molecular formula is C48H33N3. The van der Waals surface area contributed by atoms with E-state index in [1.54, 1.807) is 0 Å². The van der Waals surface area contributed by atoms with Crippen LogP contribution in [0.3, 0.4) is 0 Å². The van der Waals surface area contributed by atoms with Gasteiger partial charge >= 0.3 is 0 Å². The molecule has 0 unspecified atom stereocenters. The fraction of sp³-hybridized carbons (Fsp3) is 0. The molecule has 0 fully saturated rings. The van der Waals surface area contributed by atoms with Gasteiger partial charge in [-0.05, 0) is 90.0 Å². The summed E-state index contributed by atoms with van der Waals surface area (Å²) in [4.78, 5) is 2.38. The van der Waals surface area contributed by atoms with Crippen LogP contribution in [0.25, 0.3) is 66.1 Å². The van der Waals surface area contributed by atoms with E-state index in [1.165, 1.54) is 54.7 Å². The summed E-state index contributed by atoms with van der Waals surface area (Å²) in [6, 6.07) is 72.1. The maximum absolute atomic E-state index is 2.39. The third kappa shape index (κ3) is 4.82. The summed E-state index contributed by atoms with van der Waals surface area (Å²) in [7, 11) is 0. The van der Waals surface area contributed by atoms with Crippen molar-refractivity contribution in [2.75, 3.05) is 4.90 Å². The summed E-state index contributed by atoms with van der Waals surface area (Å²) in [5.74, 6) is 0. The molecule has 2 aromatic heterocycles. The Bertz CT molecular complexity index is 2790. The molecule has 0 saturated heterocycles. The molecule has 3 heteroatoms. The molecule has 0 aliphatic carbocycles. The van der Waals surface area contributed by atoms with Crippen LogP contribution in [0.1, 0.15) is 0 Å². The van der Waals surface area contributed by atoms with Gasteiger partial charge in [0.1, 0.15) is 0 Å². The number of nitrogens with zero attached hydrogens (tertiary/aromatic N) is 3. The summed E-state index contributed by atoms with van der Waals surface area (Å²) in [5, 5.41) is 5.01. The van der Waals surface area contributed by atoms with Crippen LogP contribution in [0.5, 0.6) is 0 Å². The van der Waals surface area contributed by atoms with Crippen LogP contribution < -0.4 is 4.90 Å². The standard InChI is InChI=1S/C48H33N3/c1-3-14-34(15-4-1)35-16-13-19-39(32-35)49(37-26-28-38(29-27-37)50-45-23-10-7-20-41(45)42-21-8-11-24-46(42)50)40-30-31-44-43-22-9-12-25-47(43)51(48(44)33-40)36-17-5-2-6-18-36/h1-33H. The Kier molecular flexibility index (Phi) is 6.81. The minimum atomic E-state index is 1.09. The monoisotopic (exact) mass is 651 g/mol. The first-order valence-corrected chi connectivity index (χ1v) is 17.4. The molecule has 0 spiro atoms. The summed E-state index contributed by atoms with van der Waals surface area (Å²) in [5.41, 5.74) is 12.7. The van der Waals surface area contributed by atoms with Crippen LogP contribution in [0.2, 0.25) is 0 Å². The van der Waals surface area contributed by atoms with Crippen molar-refractivity contribution < 1.29 is 0 Å². The highest BCUT2D eigenvalue weighted by molar-refractivity contribution is 6.11. The van der Waals surface area contributed by atoms with E-state index in [0.717, 1.165) is 28.4 Å². The highest BCUT2D eigenvalue weighted by Gasteiger charge is 2.19. The average Bonchev–Trinajstić information content (AvgIpc) is 3.72. The zero-order valence-electron chi connectivity index (χ0n) is 27.9. The second kappa shape index (κ2) is 11.9. The van der Waals surface area contributed by atoms with Crippen molar-refractivity contribution in [3.8, 4) is 22.5 Å². The molecule has 10 aromatic rings. The van der Waals surface area contributed by atoms with Gasteiger partial charge in [0.25, 0.3) is 0 Å². The molecule has 2 heterocycles. The summed E-state index contributed by atoms with van der Waals surface area (Å²) >= 11 is 0. The molecule has 51 heavy (non-hydrogen) atoms. The maximum atomic E-state index is 2.39. The normalized spacial score (nSPS) is 11.5. The second-order valence-corrected chi connectivity index (χ2v) is 13.0. The van der Waals surface area contributed by atoms with Crippen molar-refractivity contribution in [3.05, 3.63) is 200 Å². The van der Waals surface area contributed by atoms with Crippen molar-refractivity contribution in [1.82, 2.24) is 9.13 Å². The van der Waals surface area contributed by atoms with Crippen LogP contribution in [-0.4, -0.2) is 9.13 Å². The van der Waals surface area contributed by atoms with Crippen LogP contribution in [0, 0.1) is 0 Å². The van der Waals surface area contributed by atoms with Crippen LogP contribution in [0.4, 0.5) is 17.1 Å². The Labute approximate surface area is 296 Å². The molecule has 240 valence electrons. The van der Waals surface area contributed by atoms with Gasteiger partial charge in [0.2, 0.25) is 0 Å². The number of aromatic nitrogens is 2. The lowest BCUT2D eigenvalue weighted by Gasteiger charge is -2.26. The fourth-order valence-electron chi connectivity index (χ4n) is 7.81. The van der Waals surface area contributed by atoms with Crippen LogP contribution in [-0.2, 0) is 0 Å². The Balaban J connectivity index is 1.18. The second-order valence-electron chi connectivity index (χ2n) is 13.0. The minimum Gasteiger partial charge on any atom is -0.310 e. The van der Waals surface area contributed by atoms with E-state index in [-0.39, 0.29) is 0 Å². The first kappa shape index (κ1) is 29.1. The van der Waals surface area contributed by atoms with Crippen molar-refractivity contribution in [3.63, 3.8) is 0 Å². The molecule has 0 atom stereocenters. The van der Waals surface area contributed by atoms with Crippen molar-refractivity contribution >= 4 is 60.7 Å². The fourth-order valence-corrected chi connectivity index (χ4v) is 7.81. The zero-order valence-corrected chi connectivity index (χ0v) is 27.9. The first-order chi connectivity index (χ1) is 25.3. The van der Waals surface area contributed by atoms with Crippen LogP contribution in [0.15, 0.2) is 200 Å². The van der Waals surface area contributed by atoms with Gasteiger partial charge in [0, 0.05) is 50.0 Å². The van der Waals surface area contributed by atoms with Crippen molar-refractivity contribution in [2.24, 2.45) is 0 Å². The number of benzene rings is 8. The zero-order chi connectivity index (χ0) is 33.7. The van der Waals surface area contributed by atoms with Gasteiger partial charge in [0.15, 0.2) is 0 Å². The lowest BCUT2D eigenvalue weighted by atomic mass is 10.0. The predicted octanol–water partition coefficient (Wildman–Crippen LogP) is 13.0. The highest BCUT2D eigenvalue weighted by Crippen LogP contribution is 2.41. The van der Waals surface area contributed by atoms with Crippen molar-refractivity contribution in [2.45, 2.75) is 0 Å². The molecule has 0 saturated carbocycles. The quantitative estimate of drug-likeness (QED) is 0.174. The van der Waals surface area contributed by atoms with Gasteiger partial charge in [-0.2, -0.15) is 0 Å². The number of fused-ring (bicyclic) bond motifs is 6. The SMILES string of the molecule is c1ccc(-c2cccc(N(c3ccc(-n4c5ccccc5c5ccccc54)cc3)c3ccc4c5ccccc5n(-c5ccccc5)c4c3)c2)cc1. The smallest absolute Gasteiger partial charge is 0.0561 e. The lowest BCUT2D eigenvalue weighted by Crippen LogP contribution is -2.10. The van der Waals surface area contributed by atoms with E-state index >= 15 is 0 Å². The van der Waals surface area contributed by atoms with Gasteiger partial charge < -0.3 is 14.0 Å². The topological polar surface area (TPSA) is 13.1 Å². The minimum absolute atomic E-state index is 1.09. The Hall–Kier alpha value is -6.84. The number of hydrogen-bond acceptors (Lipinski definition) is 1. The van der Waals surface area contributed by atoms with Crippen LogP contribution >= 0.6 is 0 Å². The summed E-state index contributed by atoms with van der Waals surface area (Å²) in [6.45, 7) is 0. The predicted molar refractivity (Wildman–Crippen MR) is 215 cm³/mol. The molecular weight excluding hydrogens is 619 g/mol. The first-order valence-electron chi connectivity index (χ1n) is 17.4. The van der Waals surface area contributed by atoms with Gasteiger partial charge in [-0.15, -0.1) is 0 Å². The third-order valence-electron chi connectivity index (χ3n) is 10.1. The van der Waals surface area contributed by atoms with E-state index in [4.69, 9.17) is 0 Å². The highest BCUT2D eigenvalue weighted by atomic mass is 15.1.